The molecule has 4 heteroatoms. The molecule has 0 aromatic carbocycles. The third-order valence-electron chi connectivity index (χ3n) is 2.47. The first-order chi connectivity index (χ1) is 8.13. The fourth-order valence-corrected chi connectivity index (χ4v) is 3.27. The van der Waals surface area contributed by atoms with Gasteiger partial charge in [0.1, 0.15) is 5.01 Å². The fraction of sp³-hybridized carbons (Fsp3) is 0.769. The van der Waals surface area contributed by atoms with E-state index in [1.807, 2.05) is 23.1 Å². The number of nitrogens with one attached hydrogen (secondary N) is 1. The molecule has 2 nitrogen and oxygen atoms in total. The lowest BCUT2D eigenvalue weighted by atomic mass is 10.3. The van der Waals surface area contributed by atoms with Gasteiger partial charge in [0.15, 0.2) is 0 Å². The van der Waals surface area contributed by atoms with E-state index in [4.69, 9.17) is 0 Å². The van der Waals surface area contributed by atoms with Crippen molar-refractivity contribution in [3.8, 4) is 0 Å². The van der Waals surface area contributed by atoms with Crippen molar-refractivity contribution in [3.05, 3.63) is 15.6 Å². The van der Waals surface area contributed by atoms with Crippen molar-refractivity contribution in [2.24, 2.45) is 0 Å². The zero-order valence-electron chi connectivity index (χ0n) is 11.4. The van der Waals surface area contributed by atoms with Crippen LogP contribution >= 0.6 is 23.1 Å². The van der Waals surface area contributed by atoms with E-state index >= 15 is 0 Å². The van der Waals surface area contributed by atoms with Crippen molar-refractivity contribution in [2.75, 3.05) is 6.54 Å². The quantitative estimate of drug-likeness (QED) is 0.725. The second kappa shape index (κ2) is 8.11. The lowest BCUT2D eigenvalue weighted by molar-refractivity contribution is 0.644. The second-order valence-corrected chi connectivity index (χ2v) is 7.24. The Balaban J connectivity index is 2.39. The smallest absolute Gasteiger partial charge is 0.103 e. The number of aromatic nitrogens is 1. The summed E-state index contributed by atoms with van der Waals surface area (Å²) in [5.41, 5.74) is 1.21. The van der Waals surface area contributed by atoms with Crippen LogP contribution in [0, 0.1) is 6.92 Å². The predicted molar refractivity (Wildman–Crippen MR) is 79.9 cm³/mol. The Morgan fingerprint density at radius 2 is 2.18 bits per heavy atom. The first-order valence-corrected chi connectivity index (χ1v) is 8.27. The number of unbranched alkanes of at least 4 members (excludes halogenated alkanes) is 1. The molecule has 1 aromatic heterocycles. The van der Waals surface area contributed by atoms with Gasteiger partial charge in [0.25, 0.3) is 0 Å². The topological polar surface area (TPSA) is 24.9 Å². The van der Waals surface area contributed by atoms with Gasteiger partial charge >= 0.3 is 0 Å². The molecule has 0 spiro atoms. The minimum atomic E-state index is 0.685. The lowest BCUT2D eigenvalue weighted by Gasteiger charge is -2.01. The maximum Gasteiger partial charge on any atom is 0.103 e. The van der Waals surface area contributed by atoms with Gasteiger partial charge in [-0.15, -0.1) is 11.3 Å². The molecule has 0 aliphatic carbocycles. The van der Waals surface area contributed by atoms with Gasteiger partial charge < -0.3 is 5.32 Å². The summed E-state index contributed by atoms with van der Waals surface area (Å²) in [5, 5.41) is 5.44. The number of aryl methyl sites for hydroxylation is 1. The van der Waals surface area contributed by atoms with E-state index in [-0.39, 0.29) is 0 Å². The van der Waals surface area contributed by atoms with Crippen molar-refractivity contribution < 1.29 is 0 Å². The molecule has 98 valence electrons. The Labute approximate surface area is 114 Å². The minimum absolute atomic E-state index is 0.685. The van der Waals surface area contributed by atoms with Crippen LogP contribution in [0.25, 0.3) is 0 Å². The van der Waals surface area contributed by atoms with Crippen LogP contribution in [0.4, 0.5) is 0 Å². The van der Waals surface area contributed by atoms with Gasteiger partial charge in [-0.05, 0) is 25.1 Å². The van der Waals surface area contributed by atoms with Gasteiger partial charge in [-0.1, -0.05) is 27.2 Å². The van der Waals surface area contributed by atoms with Crippen LogP contribution in [0.5, 0.6) is 0 Å². The normalized spacial score (nSPS) is 11.4. The molecule has 1 heterocycles. The third kappa shape index (κ3) is 5.89. The zero-order chi connectivity index (χ0) is 12.7. The molecule has 1 aromatic rings. The molecule has 0 aliphatic heterocycles. The fourth-order valence-electron chi connectivity index (χ4n) is 1.46. The van der Waals surface area contributed by atoms with Crippen LogP contribution < -0.4 is 5.32 Å². The van der Waals surface area contributed by atoms with Crippen molar-refractivity contribution in [1.29, 1.82) is 0 Å². The number of thiazole rings is 1. The average molecular weight is 272 g/mol. The number of hydrogen-bond donors (Lipinski definition) is 1. The summed E-state index contributed by atoms with van der Waals surface area (Å²) in [6, 6.07) is 0. The molecule has 0 aliphatic rings. The zero-order valence-corrected chi connectivity index (χ0v) is 13.0. The molecule has 0 saturated heterocycles. The van der Waals surface area contributed by atoms with Crippen molar-refractivity contribution in [3.63, 3.8) is 0 Å². The molecule has 1 rings (SSSR count). The van der Waals surface area contributed by atoms with Gasteiger partial charge in [-0.25, -0.2) is 4.98 Å². The summed E-state index contributed by atoms with van der Waals surface area (Å²) >= 11 is 3.83. The summed E-state index contributed by atoms with van der Waals surface area (Å²) in [6.45, 7) is 10.9. The van der Waals surface area contributed by atoms with E-state index in [2.05, 4.69) is 38.0 Å². The van der Waals surface area contributed by atoms with Crippen LogP contribution in [0.3, 0.4) is 0 Å². The van der Waals surface area contributed by atoms with Gasteiger partial charge in [-0.2, -0.15) is 11.8 Å². The van der Waals surface area contributed by atoms with Gasteiger partial charge in [0, 0.05) is 17.2 Å². The van der Waals surface area contributed by atoms with Crippen LogP contribution in [0.1, 0.15) is 49.2 Å². The van der Waals surface area contributed by atoms with Crippen LogP contribution in [0.15, 0.2) is 0 Å². The monoisotopic (exact) mass is 272 g/mol. The molecule has 0 unspecified atom stereocenters. The standard InChI is InChI=1S/C13H24N2S2/c1-5-6-7-14-8-12-11(4)15-13(17-12)9-16-10(2)3/h10,14H,5-9H2,1-4H3. The molecule has 0 bridgehead atoms. The third-order valence-corrected chi connectivity index (χ3v) is 4.92. The van der Waals surface area contributed by atoms with E-state index in [1.54, 1.807) is 0 Å². The van der Waals surface area contributed by atoms with E-state index < -0.39 is 0 Å². The highest BCUT2D eigenvalue weighted by Gasteiger charge is 2.07. The van der Waals surface area contributed by atoms with E-state index in [9.17, 15) is 0 Å². The number of rotatable bonds is 8. The Kier molecular flexibility index (Phi) is 7.16. The van der Waals surface area contributed by atoms with Crippen LogP contribution in [0.2, 0.25) is 0 Å². The summed E-state index contributed by atoms with van der Waals surface area (Å²) < 4.78 is 0. The first kappa shape index (κ1) is 15.0. The Morgan fingerprint density at radius 1 is 1.41 bits per heavy atom. The number of nitrogens with zero attached hydrogens (tertiary/aromatic N) is 1. The van der Waals surface area contributed by atoms with Crippen molar-refractivity contribution in [1.82, 2.24) is 10.3 Å². The highest BCUT2D eigenvalue weighted by Crippen LogP contribution is 2.24. The number of thioether (sulfide) groups is 1. The molecule has 0 saturated carbocycles. The van der Waals surface area contributed by atoms with E-state index in [1.165, 1.54) is 28.4 Å². The molecule has 0 amide bonds. The van der Waals surface area contributed by atoms with Crippen LogP contribution in [-0.4, -0.2) is 16.8 Å². The lowest BCUT2D eigenvalue weighted by Crippen LogP contribution is -2.14. The highest BCUT2D eigenvalue weighted by atomic mass is 32.2. The molecule has 17 heavy (non-hydrogen) atoms. The Hall–Kier alpha value is -0.0600. The molecule has 0 radical (unpaired) electrons. The first-order valence-electron chi connectivity index (χ1n) is 6.41. The van der Waals surface area contributed by atoms with E-state index in [0.717, 1.165) is 18.8 Å². The summed E-state index contributed by atoms with van der Waals surface area (Å²) in [7, 11) is 0. The maximum absolute atomic E-state index is 4.64. The highest BCUT2D eigenvalue weighted by molar-refractivity contribution is 7.99. The summed E-state index contributed by atoms with van der Waals surface area (Å²) in [6.07, 6.45) is 2.51. The molecular weight excluding hydrogens is 248 g/mol. The van der Waals surface area contributed by atoms with Crippen LogP contribution in [-0.2, 0) is 12.3 Å². The molecule has 1 N–H and O–H groups in total. The predicted octanol–water partition coefficient (Wildman–Crippen LogP) is 3.98. The summed E-state index contributed by atoms with van der Waals surface area (Å²) in [4.78, 5) is 6.04. The van der Waals surface area contributed by atoms with Crippen molar-refractivity contribution >= 4 is 23.1 Å². The SMILES string of the molecule is CCCCNCc1sc(CSC(C)C)nc1C. The Morgan fingerprint density at radius 3 is 2.82 bits per heavy atom. The maximum atomic E-state index is 4.64. The molecular formula is C13H24N2S2. The summed E-state index contributed by atoms with van der Waals surface area (Å²) in [5.74, 6) is 1.05. The van der Waals surface area contributed by atoms with Gasteiger partial charge in [0.2, 0.25) is 0 Å². The van der Waals surface area contributed by atoms with Gasteiger partial charge in [0.05, 0.1) is 5.69 Å². The second-order valence-electron chi connectivity index (χ2n) is 4.51. The number of hydrogen-bond acceptors (Lipinski definition) is 4. The molecule has 0 fully saturated rings. The minimum Gasteiger partial charge on any atom is -0.312 e. The van der Waals surface area contributed by atoms with Gasteiger partial charge in [-0.3, -0.25) is 0 Å². The largest absolute Gasteiger partial charge is 0.312 e. The Bertz CT molecular complexity index is 321. The van der Waals surface area contributed by atoms with Crippen molar-refractivity contribution in [2.45, 2.75) is 58.1 Å². The molecule has 0 atom stereocenters. The van der Waals surface area contributed by atoms with E-state index in [0.29, 0.717) is 5.25 Å². The average Bonchev–Trinajstić information content (AvgIpc) is 2.63.